The Balaban J connectivity index is 3.05. The lowest BCUT2D eigenvalue weighted by atomic mass is 10.2. The molecule has 1 aromatic rings. The van der Waals surface area contributed by atoms with Crippen molar-refractivity contribution in [2.24, 2.45) is 5.73 Å². The number of nitriles is 2. The van der Waals surface area contributed by atoms with Crippen LogP contribution in [0.3, 0.4) is 0 Å². The number of hydrogen-bond acceptors (Lipinski definition) is 5. The van der Waals surface area contributed by atoms with Crippen LogP contribution in [0.15, 0.2) is 11.1 Å². The lowest BCUT2D eigenvalue weighted by molar-refractivity contribution is 1.16. The van der Waals surface area contributed by atoms with Gasteiger partial charge in [0, 0.05) is 11.1 Å². The van der Waals surface area contributed by atoms with Crippen LogP contribution in [-0.2, 0) is 6.42 Å². The lowest BCUT2D eigenvalue weighted by Gasteiger charge is -1.94. The van der Waals surface area contributed by atoms with Gasteiger partial charge in [0.2, 0.25) is 0 Å². The zero-order valence-corrected chi connectivity index (χ0v) is 8.43. The van der Waals surface area contributed by atoms with Crippen LogP contribution in [0.25, 0.3) is 5.57 Å². The van der Waals surface area contributed by atoms with Gasteiger partial charge in [-0.1, -0.05) is 0 Å². The number of nitrogens with zero attached hydrogens (tertiary/aromatic N) is 3. The van der Waals surface area contributed by atoms with E-state index in [2.05, 4.69) is 4.98 Å². The molecule has 70 valence electrons. The first-order valence-corrected chi connectivity index (χ1v) is 4.75. The van der Waals surface area contributed by atoms with Gasteiger partial charge in [0.25, 0.3) is 0 Å². The van der Waals surface area contributed by atoms with Crippen LogP contribution in [0.2, 0.25) is 0 Å². The van der Waals surface area contributed by atoms with Crippen LogP contribution in [0, 0.1) is 22.7 Å². The molecule has 1 heterocycles. The van der Waals surface area contributed by atoms with E-state index in [9.17, 15) is 0 Å². The Morgan fingerprint density at radius 3 is 2.86 bits per heavy atom. The number of aromatic nitrogens is 1. The summed E-state index contributed by atoms with van der Waals surface area (Å²) in [7, 11) is 0. The highest BCUT2D eigenvalue weighted by Gasteiger charge is 2.08. The molecular weight excluding hydrogens is 196 g/mol. The van der Waals surface area contributed by atoms with Crippen molar-refractivity contribution < 1.29 is 0 Å². The predicted molar refractivity (Wildman–Crippen MR) is 53.8 cm³/mol. The molecular formula is C9H8N4S. The highest BCUT2D eigenvalue weighted by molar-refractivity contribution is 7.09. The fourth-order valence-electron chi connectivity index (χ4n) is 0.922. The molecule has 0 aliphatic rings. The number of hydrogen-bond donors (Lipinski definition) is 1. The van der Waals surface area contributed by atoms with Crippen LogP contribution >= 0.6 is 11.3 Å². The Morgan fingerprint density at radius 1 is 1.64 bits per heavy atom. The van der Waals surface area contributed by atoms with E-state index < -0.39 is 0 Å². The van der Waals surface area contributed by atoms with E-state index in [1.807, 2.05) is 12.1 Å². The Hall–Kier alpha value is -1.85. The maximum atomic E-state index is 8.80. The average molecular weight is 204 g/mol. The molecule has 14 heavy (non-hydrogen) atoms. The molecule has 0 unspecified atom stereocenters. The van der Waals surface area contributed by atoms with Gasteiger partial charge in [-0.2, -0.15) is 10.5 Å². The highest BCUT2D eigenvalue weighted by atomic mass is 32.1. The monoisotopic (exact) mass is 204 g/mol. The molecule has 4 nitrogen and oxygen atoms in total. The molecule has 1 aromatic heterocycles. The van der Waals surface area contributed by atoms with Crippen LogP contribution < -0.4 is 5.73 Å². The molecule has 1 rings (SSSR count). The van der Waals surface area contributed by atoms with Gasteiger partial charge in [0.05, 0.1) is 23.8 Å². The minimum atomic E-state index is 0.271. The SMILES string of the molecule is CC(N)=C(C#N)c1csc(CC#N)n1. The van der Waals surface area contributed by atoms with Crippen LogP contribution in [0.1, 0.15) is 17.6 Å². The minimum Gasteiger partial charge on any atom is -0.401 e. The van der Waals surface area contributed by atoms with E-state index in [-0.39, 0.29) is 6.42 Å². The normalized spacial score (nSPS) is 11.4. The van der Waals surface area contributed by atoms with Crippen molar-refractivity contribution in [2.45, 2.75) is 13.3 Å². The van der Waals surface area contributed by atoms with Crippen molar-refractivity contribution >= 4 is 16.9 Å². The summed E-state index contributed by atoms with van der Waals surface area (Å²) in [5, 5.41) is 19.7. The molecule has 0 saturated heterocycles. The van der Waals surface area contributed by atoms with Crippen LogP contribution in [0.5, 0.6) is 0 Å². The second-order valence-electron chi connectivity index (χ2n) is 2.63. The topological polar surface area (TPSA) is 86.5 Å². The summed E-state index contributed by atoms with van der Waals surface area (Å²) in [4.78, 5) is 4.13. The molecule has 0 bridgehead atoms. The zero-order valence-electron chi connectivity index (χ0n) is 7.61. The number of allylic oxidation sites excluding steroid dienone is 2. The van der Waals surface area contributed by atoms with Crippen molar-refractivity contribution in [3.05, 3.63) is 21.8 Å². The lowest BCUT2D eigenvalue weighted by Crippen LogP contribution is -1.96. The van der Waals surface area contributed by atoms with Crippen molar-refractivity contribution in [3.8, 4) is 12.1 Å². The first-order chi connectivity index (χ1) is 6.69. The first kappa shape index (κ1) is 10.2. The van der Waals surface area contributed by atoms with Gasteiger partial charge in [-0.25, -0.2) is 4.98 Å². The first-order valence-electron chi connectivity index (χ1n) is 3.87. The Labute approximate surface area is 85.9 Å². The summed E-state index contributed by atoms with van der Waals surface area (Å²) >= 11 is 1.36. The van der Waals surface area contributed by atoms with E-state index in [0.717, 1.165) is 0 Å². The maximum Gasteiger partial charge on any atom is 0.107 e. The summed E-state index contributed by atoms with van der Waals surface area (Å²) < 4.78 is 0. The fraction of sp³-hybridized carbons (Fsp3) is 0.222. The quantitative estimate of drug-likeness (QED) is 0.738. The van der Waals surface area contributed by atoms with Gasteiger partial charge >= 0.3 is 0 Å². The predicted octanol–water partition coefficient (Wildman–Crippen LogP) is 1.42. The molecule has 0 saturated carbocycles. The van der Waals surface area contributed by atoms with E-state index in [1.54, 1.807) is 12.3 Å². The van der Waals surface area contributed by atoms with Crippen molar-refractivity contribution in [1.82, 2.24) is 4.98 Å². The Kier molecular flexibility index (Phi) is 3.22. The Morgan fingerprint density at radius 2 is 2.36 bits per heavy atom. The number of thiazole rings is 1. The second kappa shape index (κ2) is 4.40. The van der Waals surface area contributed by atoms with E-state index >= 15 is 0 Å². The molecule has 0 amide bonds. The van der Waals surface area contributed by atoms with E-state index in [4.69, 9.17) is 16.3 Å². The molecule has 0 aliphatic carbocycles. The molecule has 2 N–H and O–H groups in total. The smallest absolute Gasteiger partial charge is 0.107 e. The standard InChI is InChI=1S/C9H8N4S/c1-6(12)7(4-11)8-5-14-9(13-8)2-3-10/h5H,2,12H2,1H3. The maximum absolute atomic E-state index is 8.80. The fourth-order valence-corrected chi connectivity index (χ4v) is 1.64. The summed E-state index contributed by atoms with van der Waals surface area (Å²) in [6.07, 6.45) is 0.271. The minimum absolute atomic E-state index is 0.271. The van der Waals surface area contributed by atoms with Crippen molar-refractivity contribution in [1.29, 1.82) is 10.5 Å². The van der Waals surface area contributed by atoms with Gasteiger partial charge in [0.1, 0.15) is 11.1 Å². The van der Waals surface area contributed by atoms with Gasteiger partial charge < -0.3 is 5.73 Å². The van der Waals surface area contributed by atoms with Gasteiger partial charge in [0.15, 0.2) is 0 Å². The molecule has 0 fully saturated rings. The van der Waals surface area contributed by atoms with E-state index in [1.165, 1.54) is 11.3 Å². The van der Waals surface area contributed by atoms with E-state index in [0.29, 0.717) is 22.0 Å². The summed E-state index contributed by atoms with van der Waals surface area (Å²) in [5.74, 6) is 0. The molecule has 0 aromatic carbocycles. The van der Waals surface area contributed by atoms with Crippen molar-refractivity contribution in [3.63, 3.8) is 0 Å². The molecule has 0 radical (unpaired) electrons. The average Bonchev–Trinajstić information content (AvgIpc) is 2.54. The molecule has 5 heteroatoms. The summed E-state index contributed by atoms with van der Waals surface area (Å²) in [6.45, 7) is 1.65. The number of nitrogens with two attached hydrogens (primary N) is 1. The highest BCUT2D eigenvalue weighted by Crippen LogP contribution is 2.18. The third-order valence-corrected chi connectivity index (χ3v) is 2.39. The van der Waals surface area contributed by atoms with Gasteiger partial charge in [-0.15, -0.1) is 11.3 Å². The molecule has 0 spiro atoms. The van der Waals surface area contributed by atoms with Crippen LogP contribution in [-0.4, -0.2) is 4.98 Å². The summed E-state index contributed by atoms with van der Waals surface area (Å²) in [5.41, 5.74) is 6.90. The second-order valence-corrected chi connectivity index (χ2v) is 3.57. The summed E-state index contributed by atoms with van der Waals surface area (Å²) in [6, 6.07) is 3.99. The largest absolute Gasteiger partial charge is 0.401 e. The third-order valence-electron chi connectivity index (χ3n) is 1.54. The van der Waals surface area contributed by atoms with Gasteiger partial charge in [-0.3, -0.25) is 0 Å². The Bertz CT molecular complexity index is 440. The zero-order chi connectivity index (χ0) is 10.6. The molecule has 0 aliphatic heterocycles. The van der Waals surface area contributed by atoms with Gasteiger partial charge in [-0.05, 0) is 6.92 Å². The molecule has 0 atom stereocenters. The number of rotatable bonds is 2. The van der Waals surface area contributed by atoms with Crippen LogP contribution in [0.4, 0.5) is 0 Å². The third kappa shape index (κ3) is 2.09. The van der Waals surface area contributed by atoms with Crippen molar-refractivity contribution in [2.75, 3.05) is 0 Å².